The average Bonchev–Trinajstić information content (AvgIpc) is 2.49. The molecule has 2 N–H and O–H groups in total. The van der Waals surface area contributed by atoms with Gasteiger partial charge in [0.15, 0.2) is 6.10 Å². The normalized spacial score (nSPS) is 12.0. The monoisotopic (exact) mass is 294 g/mol. The van der Waals surface area contributed by atoms with E-state index in [0.29, 0.717) is 13.2 Å². The first kappa shape index (κ1) is 17.5. The van der Waals surface area contributed by atoms with E-state index in [-0.39, 0.29) is 5.91 Å². The zero-order valence-corrected chi connectivity index (χ0v) is 13.1. The second-order valence-corrected chi connectivity index (χ2v) is 4.83. The summed E-state index contributed by atoms with van der Waals surface area (Å²) >= 11 is 0. The molecule has 0 radical (unpaired) electrons. The van der Waals surface area contributed by atoms with Crippen LogP contribution in [-0.2, 0) is 16.1 Å². The van der Waals surface area contributed by atoms with Crippen LogP contribution in [0.25, 0.3) is 0 Å². The number of carbonyl (C=O) groups is 1. The number of methoxy groups -OCH3 is 1. The first-order valence-corrected chi connectivity index (χ1v) is 7.41. The highest BCUT2D eigenvalue weighted by atomic mass is 16.5. The molecule has 0 aliphatic rings. The van der Waals surface area contributed by atoms with Crippen molar-refractivity contribution >= 4 is 5.91 Å². The van der Waals surface area contributed by atoms with Crippen molar-refractivity contribution in [1.82, 2.24) is 10.6 Å². The summed E-state index contributed by atoms with van der Waals surface area (Å²) in [4.78, 5) is 11.9. The Morgan fingerprint density at radius 1 is 1.29 bits per heavy atom. The fraction of sp³-hybridized carbons (Fsp3) is 0.562. The molecular formula is C16H26N2O3. The van der Waals surface area contributed by atoms with Gasteiger partial charge in [-0.3, -0.25) is 4.79 Å². The van der Waals surface area contributed by atoms with Crippen LogP contribution in [0, 0.1) is 0 Å². The van der Waals surface area contributed by atoms with Gasteiger partial charge in [0.25, 0.3) is 5.91 Å². The summed E-state index contributed by atoms with van der Waals surface area (Å²) in [5.41, 5.74) is 1.06. The van der Waals surface area contributed by atoms with Crippen molar-refractivity contribution in [2.45, 2.75) is 32.9 Å². The Kier molecular flexibility index (Phi) is 8.47. The molecule has 0 bridgehead atoms. The maximum absolute atomic E-state index is 11.9. The average molecular weight is 294 g/mol. The molecule has 1 aromatic carbocycles. The van der Waals surface area contributed by atoms with Gasteiger partial charge in [0.2, 0.25) is 0 Å². The van der Waals surface area contributed by atoms with E-state index < -0.39 is 6.10 Å². The summed E-state index contributed by atoms with van der Waals surface area (Å²) in [5.74, 6) is 0.610. The van der Waals surface area contributed by atoms with E-state index in [1.165, 1.54) is 0 Å². The van der Waals surface area contributed by atoms with Crippen molar-refractivity contribution in [3.05, 3.63) is 29.8 Å². The second-order valence-electron chi connectivity index (χ2n) is 4.83. The van der Waals surface area contributed by atoms with Gasteiger partial charge in [-0.05, 0) is 26.0 Å². The van der Waals surface area contributed by atoms with Gasteiger partial charge < -0.3 is 20.1 Å². The number of hydrogen-bond donors (Lipinski definition) is 2. The van der Waals surface area contributed by atoms with Crippen molar-refractivity contribution in [2.75, 3.05) is 26.8 Å². The second kappa shape index (κ2) is 10.2. The van der Waals surface area contributed by atoms with Gasteiger partial charge in [-0.25, -0.2) is 0 Å². The van der Waals surface area contributed by atoms with Gasteiger partial charge in [0, 0.05) is 25.8 Å². The lowest BCUT2D eigenvalue weighted by Gasteiger charge is -2.17. The Morgan fingerprint density at radius 2 is 2.05 bits per heavy atom. The molecule has 0 fully saturated rings. The van der Waals surface area contributed by atoms with Crippen LogP contribution in [0.5, 0.6) is 5.75 Å². The van der Waals surface area contributed by atoms with E-state index in [2.05, 4.69) is 17.6 Å². The summed E-state index contributed by atoms with van der Waals surface area (Å²) in [6.45, 7) is 6.56. The Balaban J connectivity index is 2.54. The summed E-state index contributed by atoms with van der Waals surface area (Å²) in [6, 6.07) is 7.78. The molecular weight excluding hydrogens is 268 g/mol. The molecule has 0 aliphatic carbocycles. The molecule has 1 unspecified atom stereocenters. The predicted molar refractivity (Wildman–Crippen MR) is 83.4 cm³/mol. The van der Waals surface area contributed by atoms with Crippen molar-refractivity contribution in [3.63, 3.8) is 0 Å². The number of rotatable bonds is 10. The minimum Gasteiger partial charge on any atom is -0.481 e. The van der Waals surface area contributed by atoms with Crippen LogP contribution in [0.15, 0.2) is 24.3 Å². The lowest BCUT2D eigenvalue weighted by molar-refractivity contribution is -0.127. The van der Waals surface area contributed by atoms with Crippen LogP contribution in [0.3, 0.4) is 0 Å². The third-order valence-corrected chi connectivity index (χ3v) is 2.99. The third-order valence-electron chi connectivity index (χ3n) is 2.99. The molecule has 0 saturated heterocycles. The van der Waals surface area contributed by atoms with Crippen LogP contribution in [0.1, 0.15) is 25.8 Å². The lowest BCUT2D eigenvalue weighted by atomic mass is 10.2. The van der Waals surface area contributed by atoms with Crippen molar-refractivity contribution < 1.29 is 14.3 Å². The molecule has 0 aromatic heterocycles. The van der Waals surface area contributed by atoms with Crippen LogP contribution in [0.2, 0.25) is 0 Å². The Bertz CT molecular complexity index is 424. The molecule has 21 heavy (non-hydrogen) atoms. The molecule has 1 aromatic rings. The van der Waals surface area contributed by atoms with Crippen LogP contribution < -0.4 is 15.4 Å². The quantitative estimate of drug-likeness (QED) is 0.645. The Morgan fingerprint density at radius 3 is 2.76 bits per heavy atom. The molecule has 0 aliphatic heterocycles. The molecule has 1 rings (SSSR count). The van der Waals surface area contributed by atoms with Gasteiger partial charge in [0.1, 0.15) is 5.75 Å². The molecule has 1 amide bonds. The topological polar surface area (TPSA) is 59.6 Å². The Hall–Kier alpha value is -1.59. The van der Waals surface area contributed by atoms with E-state index >= 15 is 0 Å². The van der Waals surface area contributed by atoms with Crippen LogP contribution in [0.4, 0.5) is 0 Å². The molecule has 0 spiro atoms. The van der Waals surface area contributed by atoms with Gasteiger partial charge in [-0.2, -0.15) is 0 Å². The van der Waals surface area contributed by atoms with Crippen molar-refractivity contribution in [2.24, 2.45) is 0 Å². The van der Waals surface area contributed by atoms with E-state index in [1.54, 1.807) is 14.0 Å². The van der Waals surface area contributed by atoms with Crippen molar-refractivity contribution in [3.8, 4) is 5.75 Å². The molecule has 5 nitrogen and oxygen atoms in total. The van der Waals surface area contributed by atoms with Crippen LogP contribution in [-0.4, -0.2) is 38.8 Å². The molecule has 0 heterocycles. The summed E-state index contributed by atoms with van der Waals surface area (Å²) in [7, 11) is 1.60. The summed E-state index contributed by atoms with van der Waals surface area (Å²) in [5, 5.41) is 6.11. The first-order chi connectivity index (χ1) is 10.2. The number of hydrogen-bond acceptors (Lipinski definition) is 4. The zero-order valence-electron chi connectivity index (χ0n) is 13.1. The summed E-state index contributed by atoms with van der Waals surface area (Å²) in [6.07, 6.45) is 0.551. The van der Waals surface area contributed by atoms with E-state index in [9.17, 15) is 4.79 Å². The SMILES string of the molecule is CCCNCc1ccccc1OC(C)C(=O)NCCOC. The number of nitrogens with one attached hydrogen (secondary N) is 2. The minimum atomic E-state index is -0.533. The van der Waals surface area contributed by atoms with Gasteiger partial charge >= 0.3 is 0 Å². The van der Waals surface area contributed by atoms with Crippen molar-refractivity contribution in [1.29, 1.82) is 0 Å². The largest absolute Gasteiger partial charge is 0.481 e. The van der Waals surface area contributed by atoms with E-state index in [1.807, 2.05) is 24.3 Å². The lowest BCUT2D eigenvalue weighted by Crippen LogP contribution is -2.38. The standard InChI is InChI=1S/C16H26N2O3/c1-4-9-17-12-14-7-5-6-8-15(14)21-13(2)16(19)18-10-11-20-3/h5-8,13,17H,4,9-12H2,1-3H3,(H,18,19). The number of benzene rings is 1. The number of carbonyl (C=O) groups excluding carboxylic acids is 1. The maximum Gasteiger partial charge on any atom is 0.260 e. The fourth-order valence-corrected chi connectivity index (χ4v) is 1.83. The number of amides is 1. The van der Waals surface area contributed by atoms with E-state index in [4.69, 9.17) is 9.47 Å². The highest BCUT2D eigenvalue weighted by molar-refractivity contribution is 5.80. The number of para-hydroxylation sites is 1. The fourth-order valence-electron chi connectivity index (χ4n) is 1.83. The highest BCUT2D eigenvalue weighted by Crippen LogP contribution is 2.19. The van der Waals surface area contributed by atoms with Gasteiger partial charge in [-0.15, -0.1) is 0 Å². The van der Waals surface area contributed by atoms with E-state index in [0.717, 1.165) is 30.8 Å². The van der Waals surface area contributed by atoms with Gasteiger partial charge in [0.05, 0.1) is 6.61 Å². The zero-order chi connectivity index (χ0) is 15.5. The Labute approximate surface area is 127 Å². The molecule has 118 valence electrons. The molecule has 5 heteroatoms. The highest BCUT2D eigenvalue weighted by Gasteiger charge is 2.15. The minimum absolute atomic E-state index is 0.136. The maximum atomic E-state index is 11.9. The summed E-state index contributed by atoms with van der Waals surface area (Å²) < 4.78 is 10.7. The molecule has 1 atom stereocenters. The predicted octanol–water partition coefficient (Wildman–Crippen LogP) is 1.72. The third kappa shape index (κ3) is 6.60. The molecule has 0 saturated carbocycles. The first-order valence-electron chi connectivity index (χ1n) is 7.41. The van der Waals surface area contributed by atoms with Gasteiger partial charge in [-0.1, -0.05) is 25.1 Å². The van der Waals surface area contributed by atoms with Crippen LogP contribution >= 0.6 is 0 Å². The smallest absolute Gasteiger partial charge is 0.260 e. The number of ether oxygens (including phenoxy) is 2.